The van der Waals surface area contributed by atoms with Gasteiger partial charge in [0.25, 0.3) is 0 Å². The number of halogens is 1. The second-order valence-corrected chi connectivity index (χ2v) is 5.06. The van der Waals surface area contributed by atoms with E-state index in [4.69, 9.17) is 0 Å². The van der Waals surface area contributed by atoms with E-state index in [2.05, 4.69) is 10.6 Å². The van der Waals surface area contributed by atoms with E-state index < -0.39 is 24.0 Å². The SMILES string of the molecule is O=C(Nc1cccc(F)c1)N[C@H]1c2ccccc2C[C@H]1O. The largest absolute Gasteiger partial charge is 0.390 e. The number of rotatable bonds is 2. The number of amides is 2. The Morgan fingerprint density at radius 3 is 2.81 bits per heavy atom. The summed E-state index contributed by atoms with van der Waals surface area (Å²) in [5.41, 5.74) is 2.31. The van der Waals surface area contributed by atoms with Crippen molar-refractivity contribution in [3.63, 3.8) is 0 Å². The summed E-state index contributed by atoms with van der Waals surface area (Å²) in [6, 6.07) is 12.3. The Labute approximate surface area is 121 Å². The zero-order valence-corrected chi connectivity index (χ0v) is 11.2. The molecule has 2 atom stereocenters. The molecule has 1 aliphatic carbocycles. The summed E-state index contributed by atoms with van der Waals surface area (Å²) < 4.78 is 13.1. The molecule has 0 heterocycles. The fraction of sp³-hybridized carbons (Fsp3) is 0.188. The maximum absolute atomic E-state index is 13.1. The molecule has 0 radical (unpaired) electrons. The number of benzene rings is 2. The fourth-order valence-electron chi connectivity index (χ4n) is 2.62. The van der Waals surface area contributed by atoms with Gasteiger partial charge < -0.3 is 15.7 Å². The van der Waals surface area contributed by atoms with Crippen LogP contribution >= 0.6 is 0 Å². The van der Waals surface area contributed by atoms with Crippen LogP contribution in [-0.4, -0.2) is 17.2 Å². The van der Waals surface area contributed by atoms with Gasteiger partial charge in [-0.05, 0) is 29.3 Å². The highest BCUT2D eigenvalue weighted by Gasteiger charge is 2.31. The first-order chi connectivity index (χ1) is 10.1. The Morgan fingerprint density at radius 2 is 2.00 bits per heavy atom. The lowest BCUT2D eigenvalue weighted by molar-refractivity contribution is 0.144. The molecule has 0 saturated heterocycles. The van der Waals surface area contributed by atoms with Crippen LogP contribution < -0.4 is 10.6 Å². The fourth-order valence-corrected chi connectivity index (χ4v) is 2.62. The average molecular weight is 286 g/mol. The molecule has 0 fully saturated rings. The molecular formula is C16H15FN2O2. The third-order valence-corrected chi connectivity index (χ3v) is 3.57. The third-order valence-electron chi connectivity index (χ3n) is 3.57. The quantitative estimate of drug-likeness (QED) is 0.794. The average Bonchev–Trinajstić information content (AvgIpc) is 2.75. The molecule has 108 valence electrons. The lowest BCUT2D eigenvalue weighted by Crippen LogP contribution is -2.36. The van der Waals surface area contributed by atoms with Crippen molar-refractivity contribution in [3.05, 3.63) is 65.5 Å². The van der Waals surface area contributed by atoms with Gasteiger partial charge in [-0.25, -0.2) is 9.18 Å². The van der Waals surface area contributed by atoms with Crippen molar-refractivity contribution < 1.29 is 14.3 Å². The molecule has 2 aromatic rings. The van der Waals surface area contributed by atoms with E-state index in [1.165, 1.54) is 18.2 Å². The van der Waals surface area contributed by atoms with E-state index in [1.54, 1.807) is 6.07 Å². The summed E-state index contributed by atoms with van der Waals surface area (Å²) in [6.07, 6.45) is -0.137. The number of anilines is 1. The summed E-state index contributed by atoms with van der Waals surface area (Å²) in [6.45, 7) is 0. The molecule has 2 amide bonds. The first-order valence-corrected chi connectivity index (χ1v) is 6.72. The minimum Gasteiger partial charge on any atom is -0.390 e. The molecule has 0 aliphatic heterocycles. The second-order valence-electron chi connectivity index (χ2n) is 5.06. The number of aliphatic hydroxyl groups excluding tert-OH is 1. The number of urea groups is 1. The lowest BCUT2D eigenvalue weighted by Gasteiger charge is -2.18. The number of hydrogen-bond donors (Lipinski definition) is 3. The molecule has 0 aromatic heterocycles. The molecule has 5 heteroatoms. The normalized spacial score (nSPS) is 19.9. The van der Waals surface area contributed by atoms with Crippen molar-refractivity contribution in [3.8, 4) is 0 Å². The molecule has 3 N–H and O–H groups in total. The van der Waals surface area contributed by atoms with E-state index in [-0.39, 0.29) is 0 Å². The summed E-state index contributed by atoms with van der Waals surface area (Å²) >= 11 is 0. The van der Waals surface area contributed by atoms with Crippen molar-refractivity contribution in [2.45, 2.75) is 18.6 Å². The smallest absolute Gasteiger partial charge is 0.319 e. The van der Waals surface area contributed by atoms with E-state index in [9.17, 15) is 14.3 Å². The highest BCUT2D eigenvalue weighted by atomic mass is 19.1. The predicted octanol–water partition coefficient (Wildman–Crippen LogP) is 2.61. The number of carbonyl (C=O) groups is 1. The summed E-state index contributed by atoms with van der Waals surface area (Å²) in [7, 11) is 0. The molecular weight excluding hydrogens is 271 g/mol. The van der Waals surface area contributed by atoms with Crippen molar-refractivity contribution in [1.29, 1.82) is 0 Å². The lowest BCUT2D eigenvalue weighted by atomic mass is 10.1. The van der Waals surface area contributed by atoms with Gasteiger partial charge >= 0.3 is 6.03 Å². The van der Waals surface area contributed by atoms with Crippen LogP contribution in [0, 0.1) is 5.82 Å². The molecule has 2 aromatic carbocycles. The van der Waals surface area contributed by atoms with Gasteiger partial charge in [-0.2, -0.15) is 0 Å². The molecule has 0 bridgehead atoms. The van der Waals surface area contributed by atoms with Crippen LogP contribution in [0.5, 0.6) is 0 Å². The zero-order chi connectivity index (χ0) is 14.8. The van der Waals surface area contributed by atoms with Crippen molar-refractivity contribution in [2.24, 2.45) is 0 Å². The Morgan fingerprint density at radius 1 is 1.19 bits per heavy atom. The number of nitrogens with one attached hydrogen (secondary N) is 2. The minimum absolute atomic E-state index is 0.369. The van der Waals surface area contributed by atoms with Crippen LogP contribution in [0.15, 0.2) is 48.5 Å². The maximum Gasteiger partial charge on any atom is 0.319 e. The van der Waals surface area contributed by atoms with Crippen molar-refractivity contribution in [1.82, 2.24) is 5.32 Å². The Kier molecular flexibility index (Phi) is 3.58. The zero-order valence-electron chi connectivity index (χ0n) is 11.2. The number of fused-ring (bicyclic) bond motifs is 1. The van der Waals surface area contributed by atoms with Gasteiger partial charge in [-0.1, -0.05) is 30.3 Å². The molecule has 3 rings (SSSR count). The van der Waals surface area contributed by atoms with Gasteiger partial charge in [0.2, 0.25) is 0 Å². The van der Waals surface area contributed by atoms with Gasteiger partial charge in [0.1, 0.15) is 5.82 Å². The first-order valence-electron chi connectivity index (χ1n) is 6.72. The predicted molar refractivity (Wildman–Crippen MR) is 77.4 cm³/mol. The maximum atomic E-state index is 13.1. The summed E-state index contributed by atoms with van der Waals surface area (Å²) in [5, 5.41) is 15.4. The Hall–Kier alpha value is -2.40. The number of aliphatic hydroxyl groups is 1. The Balaban J connectivity index is 1.70. The monoisotopic (exact) mass is 286 g/mol. The van der Waals surface area contributed by atoms with Crippen LogP contribution in [0.2, 0.25) is 0 Å². The van der Waals surface area contributed by atoms with E-state index >= 15 is 0 Å². The molecule has 4 nitrogen and oxygen atoms in total. The minimum atomic E-state index is -0.652. The number of hydrogen-bond acceptors (Lipinski definition) is 2. The molecule has 0 unspecified atom stereocenters. The highest BCUT2D eigenvalue weighted by Crippen LogP contribution is 2.31. The molecule has 1 aliphatic rings. The highest BCUT2D eigenvalue weighted by molar-refractivity contribution is 5.89. The third kappa shape index (κ3) is 2.87. The van der Waals surface area contributed by atoms with Crippen molar-refractivity contribution in [2.75, 3.05) is 5.32 Å². The molecule has 21 heavy (non-hydrogen) atoms. The summed E-state index contributed by atoms with van der Waals surface area (Å²) in [5.74, 6) is -0.418. The van der Waals surface area contributed by atoms with Gasteiger partial charge in [0.15, 0.2) is 0 Å². The van der Waals surface area contributed by atoms with E-state index in [0.717, 1.165) is 11.1 Å². The molecule has 0 spiro atoms. The van der Waals surface area contributed by atoms with Gasteiger partial charge in [0, 0.05) is 12.1 Å². The van der Waals surface area contributed by atoms with Crippen molar-refractivity contribution >= 4 is 11.7 Å². The van der Waals surface area contributed by atoms with E-state index in [0.29, 0.717) is 12.1 Å². The van der Waals surface area contributed by atoms with Gasteiger partial charge in [0.05, 0.1) is 12.1 Å². The second kappa shape index (κ2) is 5.54. The molecule has 0 saturated carbocycles. The van der Waals surface area contributed by atoms with Gasteiger partial charge in [-0.15, -0.1) is 0 Å². The van der Waals surface area contributed by atoms with E-state index in [1.807, 2.05) is 24.3 Å². The number of carbonyl (C=O) groups excluding carboxylic acids is 1. The van der Waals surface area contributed by atoms with Crippen LogP contribution in [0.25, 0.3) is 0 Å². The summed E-state index contributed by atoms with van der Waals surface area (Å²) in [4.78, 5) is 12.0. The van der Waals surface area contributed by atoms with Gasteiger partial charge in [-0.3, -0.25) is 0 Å². The van der Waals surface area contributed by atoms with Crippen LogP contribution in [0.3, 0.4) is 0 Å². The van der Waals surface area contributed by atoms with Crippen LogP contribution in [0.4, 0.5) is 14.9 Å². The standard InChI is InChI=1S/C16H15FN2O2/c17-11-5-3-6-12(9-11)18-16(21)19-15-13-7-2-1-4-10(13)8-14(15)20/h1-7,9,14-15,20H,8H2,(H2,18,19,21)/t14-,15+/m1/s1. The topological polar surface area (TPSA) is 61.4 Å². The van der Waals surface area contributed by atoms with Crippen LogP contribution in [-0.2, 0) is 6.42 Å². The first kappa shape index (κ1) is 13.6. The van der Waals surface area contributed by atoms with Crippen LogP contribution in [0.1, 0.15) is 17.2 Å². The Bertz CT molecular complexity index is 675.